The highest BCUT2D eigenvalue weighted by Crippen LogP contribution is 2.10. The van der Waals surface area contributed by atoms with Gasteiger partial charge in [-0.15, -0.1) is 0 Å². The molecule has 0 saturated heterocycles. The minimum Gasteiger partial charge on any atom is -0.466 e. The summed E-state index contributed by atoms with van der Waals surface area (Å²) < 4.78 is 13.7. The van der Waals surface area contributed by atoms with Gasteiger partial charge in [-0.05, 0) is 61.3 Å². The topological polar surface area (TPSA) is 154 Å². The third-order valence-corrected chi connectivity index (χ3v) is 4.86. The molecule has 0 heterocycles. The molecule has 1 unspecified atom stereocenters. The van der Waals surface area contributed by atoms with E-state index < -0.39 is 12.1 Å². The van der Waals surface area contributed by atoms with Crippen molar-refractivity contribution < 1.29 is 38.5 Å². The van der Waals surface area contributed by atoms with E-state index in [0.717, 1.165) is 12.8 Å². The van der Waals surface area contributed by atoms with Crippen molar-refractivity contribution >= 4 is 23.8 Å². The van der Waals surface area contributed by atoms with Gasteiger partial charge in [0.2, 0.25) is 5.91 Å². The Morgan fingerprint density at radius 2 is 1.26 bits per heavy atom. The minimum absolute atomic E-state index is 0.0334. The number of hydrogen-bond donors (Lipinski definition) is 3. The second-order valence-electron chi connectivity index (χ2n) is 11.1. The maximum Gasteiger partial charge on any atom is 0.333 e. The lowest BCUT2D eigenvalue weighted by molar-refractivity contribution is -0.141. The number of ether oxygens (including phenoxy) is 3. The fourth-order valence-electron chi connectivity index (χ4n) is 2.43. The molecule has 0 aromatic carbocycles. The second-order valence-corrected chi connectivity index (χ2v) is 11.1. The van der Waals surface area contributed by atoms with Gasteiger partial charge in [-0.2, -0.15) is 0 Å². The molecule has 0 fully saturated rings. The summed E-state index contributed by atoms with van der Waals surface area (Å²) in [7, 11) is 1.33. The number of unbranched alkanes of at least 4 members (excludes halogenated alkanes) is 5. The van der Waals surface area contributed by atoms with Crippen LogP contribution in [0.15, 0.2) is 48.6 Å². The molecule has 0 aliphatic heterocycles. The zero-order valence-corrected chi connectivity index (χ0v) is 28.4. The van der Waals surface area contributed by atoms with E-state index in [0.29, 0.717) is 35.4 Å². The van der Waals surface area contributed by atoms with Crippen molar-refractivity contribution in [2.45, 2.75) is 112 Å². The molecule has 1 atom stereocenters. The van der Waals surface area contributed by atoms with Gasteiger partial charge in [0.25, 0.3) is 0 Å². The van der Waals surface area contributed by atoms with Gasteiger partial charge in [-0.3, -0.25) is 4.79 Å². The predicted molar refractivity (Wildman–Crippen MR) is 174 cm³/mol. The summed E-state index contributed by atoms with van der Waals surface area (Å²) in [6, 6.07) is 0. The van der Waals surface area contributed by atoms with Crippen LogP contribution in [0.5, 0.6) is 0 Å². The van der Waals surface area contributed by atoms with Crippen LogP contribution in [-0.4, -0.2) is 67.4 Å². The molecule has 0 radical (unpaired) electrons. The molecular formula is C33H60N2O8. The molecule has 0 bridgehead atoms. The van der Waals surface area contributed by atoms with E-state index in [2.05, 4.69) is 68.8 Å². The number of carbonyl (C=O) groups excluding carboxylic acids is 4. The number of esters is 3. The lowest BCUT2D eigenvalue weighted by Gasteiger charge is -2.20. The number of nitrogens with two attached hydrogens (primary N) is 1. The van der Waals surface area contributed by atoms with Crippen molar-refractivity contribution in [1.82, 2.24) is 5.32 Å². The molecule has 0 saturated carbocycles. The molecule has 10 heteroatoms. The highest BCUT2D eigenvalue weighted by molar-refractivity contribution is 5.91. The maximum absolute atomic E-state index is 10.9. The van der Waals surface area contributed by atoms with Crippen LogP contribution >= 0.6 is 0 Å². The van der Waals surface area contributed by atoms with E-state index in [9.17, 15) is 19.2 Å². The zero-order valence-electron chi connectivity index (χ0n) is 28.4. The number of rotatable bonds is 16. The van der Waals surface area contributed by atoms with Crippen LogP contribution in [-0.2, 0) is 33.4 Å². The van der Waals surface area contributed by atoms with Crippen molar-refractivity contribution in [2.24, 2.45) is 5.73 Å². The van der Waals surface area contributed by atoms with Crippen molar-refractivity contribution in [1.29, 1.82) is 0 Å². The number of carbonyl (C=O) groups is 4. The number of aliphatic hydroxyl groups excluding tert-OH is 1. The largest absolute Gasteiger partial charge is 0.466 e. The molecule has 4 N–H and O–H groups in total. The number of nitrogens with one attached hydrogen (secondary N) is 1. The minimum atomic E-state index is -0.608. The Bertz CT molecular complexity index is 871. The van der Waals surface area contributed by atoms with E-state index in [1.165, 1.54) is 39.2 Å². The van der Waals surface area contributed by atoms with Crippen LogP contribution in [0.2, 0.25) is 0 Å². The first kappa shape index (κ1) is 46.7. The summed E-state index contributed by atoms with van der Waals surface area (Å²) in [5.74, 6) is -1.48. The number of hydrogen-bond acceptors (Lipinski definition) is 9. The Kier molecular flexibility index (Phi) is 31.4. The summed E-state index contributed by atoms with van der Waals surface area (Å²) in [5, 5.41) is 11.9. The number of methoxy groups -OCH3 is 1. The van der Waals surface area contributed by atoms with Gasteiger partial charge in [-0.1, -0.05) is 65.3 Å². The first-order valence-corrected chi connectivity index (χ1v) is 14.5. The summed E-state index contributed by atoms with van der Waals surface area (Å²) in [6.45, 7) is 29.7. The number of aliphatic hydroxyl groups is 1. The van der Waals surface area contributed by atoms with Crippen LogP contribution in [0.25, 0.3) is 0 Å². The van der Waals surface area contributed by atoms with Crippen molar-refractivity contribution in [3.05, 3.63) is 48.6 Å². The van der Waals surface area contributed by atoms with E-state index >= 15 is 0 Å². The van der Waals surface area contributed by atoms with E-state index in [1.54, 1.807) is 27.7 Å². The fourth-order valence-corrected chi connectivity index (χ4v) is 2.43. The predicted octanol–water partition coefficient (Wildman–Crippen LogP) is 5.49. The summed E-state index contributed by atoms with van der Waals surface area (Å²) in [6.07, 6.45) is 7.55. The fraction of sp³-hybridized carbons (Fsp3) is 0.636. The van der Waals surface area contributed by atoms with Crippen LogP contribution in [0.3, 0.4) is 0 Å². The molecule has 0 aromatic heterocycles. The first-order chi connectivity index (χ1) is 19.7. The Morgan fingerprint density at radius 1 is 0.814 bits per heavy atom. The zero-order chi connectivity index (χ0) is 34.6. The van der Waals surface area contributed by atoms with Crippen LogP contribution < -0.4 is 11.1 Å². The van der Waals surface area contributed by atoms with E-state index in [1.807, 2.05) is 0 Å². The average Bonchev–Trinajstić information content (AvgIpc) is 2.91. The Hall–Kier alpha value is -3.24. The summed E-state index contributed by atoms with van der Waals surface area (Å²) in [4.78, 5) is 42.3. The third-order valence-electron chi connectivity index (χ3n) is 4.86. The van der Waals surface area contributed by atoms with Crippen LogP contribution in [0, 0.1) is 0 Å². The SMILES string of the molecule is C=C(C)C(=O)OC.C=C(C)C(=O)OCC(C)O.C=C(C)C(=O)OCCNC(C)(C)C.C=C(CCCCCCCC)C(N)=O. The van der Waals surface area contributed by atoms with Gasteiger partial charge < -0.3 is 30.4 Å². The third kappa shape index (κ3) is 41.0. The van der Waals surface area contributed by atoms with Gasteiger partial charge in [-0.25, -0.2) is 14.4 Å². The van der Waals surface area contributed by atoms with Gasteiger partial charge in [0, 0.05) is 34.4 Å². The lowest BCUT2D eigenvalue weighted by atomic mass is 10.1. The molecule has 10 nitrogen and oxygen atoms in total. The molecule has 0 aliphatic carbocycles. The highest BCUT2D eigenvalue weighted by Gasteiger charge is 2.08. The van der Waals surface area contributed by atoms with Gasteiger partial charge >= 0.3 is 17.9 Å². The van der Waals surface area contributed by atoms with Gasteiger partial charge in [0.1, 0.15) is 13.2 Å². The normalized spacial score (nSPS) is 10.5. The number of primary amides is 1. The smallest absolute Gasteiger partial charge is 0.333 e. The Morgan fingerprint density at radius 3 is 1.60 bits per heavy atom. The maximum atomic E-state index is 10.9. The summed E-state index contributed by atoms with van der Waals surface area (Å²) in [5.41, 5.74) is 6.91. The van der Waals surface area contributed by atoms with Gasteiger partial charge in [0.05, 0.1) is 13.2 Å². The number of amides is 1. The van der Waals surface area contributed by atoms with Crippen molar-refractivity contribution in [2.75, 3.05) is 26.9 Å². The van der Waals surface area contributed by atoms with E-state index in [-0.39, 0.29) is 30.0 Å². The lowest BCUT2D eigenvalue weighted by Crippen LogP contribution is -2.38. The summed E-state index contributed by atoms with van der Waals surface area (Å²) >= 11 is 0. The van der Waals surface area contributed by atoms with Gasteiger partial charge in [0.15, 0.2) is 0 Å². The Balaban J connectivity index is -0.000000242. The van der Waals surface area contributed by atoms with Crippen LogP contribution in [0.1, 0.15) is 100 Å². The molecule has 1 amide bonds. The average molecular weight is 613 g/mol. The standard InChI is InChI=1S/C11H21NO.C10H19NO2.C7H12O3.C5H8O2/c1-3-4-5-6-7-8-9-10(2)11(12)13;1-8(2)9(12)13-7-6-11-10(3,4)5;1-5(2)7(9)10-4-6(3)8;1-4(2)5(6)7-3/h2-9H2,1H3,(H2,12,13);11H,1,6-7H2,2-5H3;6,8H,1,4H2,2-3H3;1H2,2-3H3. The second kappa shape index (κ2) is 28.9. The van der Waals surface area contributed by atoms with Crippen molar-refractivity contribution in [3.63, 3.8) is 0 Å². The molecule has 43 heavy (non-hydrogen) atoms. The van der Waals surface area contributed by atoms with E-state index in [4.69, 9.17) is 15.6 Å². The molecule has 0 aromatic rings. The molecule has 0 spiro atoms. The first-order valence-electron chi connectivity index (χ1n) is 14.5. The monoisotopic (exact) mass is 612 g/mol. The molecule has 0 rings (SSSR count). The Labute approximate surface area is 260 Å². The highest BCUT2D eigenvalue weighted by atomic mass is 16.5. The molecule has 0 aliphatic rings. The van der Waals surface area contributed by atoms with Crippen molar-refractivity contribution in [3.8, 4) is 0 Å². The molecule has 250 valence electrons. The van der Waals surface area contributed by atoms with Crippen LogP contribution in [0.4, 0.5) is 0 Å². The molecular weight excluding hydrogens is 552 g/mol. The quantitative estimate of drug-likeness (QED) is 0.0888.